The molecule has 0 bridgehead atoms. The van der Waals surface area contributed by atoms with Crippen LogP contribution in [0.3, 0.4) is 0 Å². The molecule has 172 valence electrons. The highest BCUT2D eigenvalue weighted by molar-refractivity contribution is 7.92. The number of anilines is 2. The molecule has 0 radical (unpaired) electrons. The van der Waals surface area contributed by atoms with E-state index in [0.29, 0.717) is 34.6 Å². The van der Waals surface area contributed by atoms with Gasteiger partial charge >= 0.3 is 0 Å². The molecule has 0 aliphatic heterocycles. The van der Waals surface area contributed by atoms with E-state index in [1.54, 1.807) is 54.6 Å². The molecule has 0 fully saturated rings. The number of ketones is 1. The Morgan fingerprint density at radius 3 is 2.38 bits per heavy atom. The molecule has 4 aromatic rings. The Hall–Kier alpha value is -4.24. The molecule has 0 saturated carbocycles. The van der Waals surface area contributed by atoms with Crippen molar-refractivity contribution in [3.63, 3.8) is 0 Å². The van der Waals surface area contributed by atoms with Gasteiger partial charge in [0.25, 0.3) is 10.0 Å². The first-order valence-electron chi connectivity index (χ1n) is 10.5. The maximum atomic E-state index is 12.7. The smallest absolute Gasteiger partial charge is 0.263 e. The van der Waals surface area contributed by atoms with E-state index in [-0.39, 0.29) is 16.5 Å². The number of sulfonamides is 1. The van der Waals surface area contributed by atoms with Crippen molar-refractivity contribution in [2.75, 3.05) is 16.6 Å². The topological polar surface area (TPSA) is 110 Å². The van der Waals surface area contributed by atoms with Gasteiger partial charge < -0.3 is 10.1 Å². The highest BCUT2D eigenvalue weighted by Gasteiger charge is 2.15. The summed E-state index contributed by atoms with van der Waals surface area (Å²) in [6.07, 6.45) is 4.29. The van der Waals surface area contributed by atoms with Crippen LogP contribution in [0.25, 0.3) is 11.0 Å². The fraction of sp³-hybridized carbons (Fsp3) is 0.0800. The van der Waals surface area contributed by atoms with Crippen LogP contribution in [-0.2, 0) is 10.0 Å². The van der Waals surface area contributed by atoms with Crippen LogP contribution >= 0.6 is 0 Å². The number of ether oxygens (including phenoxy) is 1. The number of hydrogen-bond donors (Lipinski definition) is 2. The summed E-state index contributed by atoms with van der Waals surface area (Å²) in [5.74, 6) is 0.672. The van der Waals surface area contributed by atoms with Gasteiger partial charge in [0.2, 0.25) is 0 Å². The van der Waals surface area contributed by atoms with Gasteiger partial charge in [0, 0.05) is 23.5 Å². The fourth-order valence-corrected chi connectivity index (χ4v) is 4.11. The predicted octanol–water partition coefficient (Wildman–Crippen LogP) is 4.64. The van der Waals surface area contributed by atoms with Crippen LogP contribution in [0.1, 0.15) is 17.3 Å². The van der Waals surface area contributed by atoms with Crippen LogP contribution in [0.5, 0.6) is 5.75 Å². The van der Waals surface area contributed by atoms with Crippen LogP contribution in [-0.4, -0.2) is 30.8 Å². The molecule has 1 aromatic heterocycles. The lowest BCUT2D eigenvalue weighted by molar-refractivity contribution is 0.104. The SMILES string of the molecule is CCOc1ccc(C(=O)/C=C/Nc2ccc(S(=O)(=O)Nc3cnc4ccccc4n3)cc2)cc1. The molecule has 0 saturated heterocycles. The Labute approximate surface area is 197 Å². The van der Waals surface area contributed by atoms with Gasteiger partial charge in [0.05, 0.1) is 28.7 Å². The number of para-hydroxylation sites is 2. The van der Waals surface area contributed by atoms with Crippen LogP contribution < -0.4 is 14.8 Å². The van der Waals surface area contributed by atoms with Crippen LogP contribution in [0, 0.1) is 0 Å². The molecule has 34 heavy (non-hydrogen) atoms. The number of rotatable bonds is 9. The first-order chi connectivity index (χ1) is 16.4. The summed E-state index contributed by atoms with van der Waals surface area (Å²) in [5.41, 5.74) is 2.43. The summed E-state index contributed by atoms with van der Waals surface area (Å²) in [6.45, 7) is 2.45. The van der Waals surface area contributed by atoms with Crippen molar-refractivity contribution in [2.24, 2.45) is 0 Å². The predicted molar refractivity (Wildman–Crippen MR) is 131 cm³/mol. The first kappa shape index (κ1) is 22.9. The zero-order valence-corrected chi connectivity index (χ0v) is 19.1. The summed E-state index contributed by atoms with van der Waals surface area (Å²) < 4.78 is 33.2. The third kappa shape index (κ3) is 5.57. The molecule has 0 atom stereocenters. The van der Waals surface area contributed by atoms with E-state index in [1.807, 2.05) is 13.0 Å². The monoisotopic (exact) mass is 474 g/mol. The average Bonchev–Trinajstić information content (AvgIpc) is 2.85. The molecule has 0 spiro atoms. The Kier molecular flexibility index (Phi) is 6.84. The second kappa shape index (κ2) is 10.1. The highest BCUT2D eigenvalue weighted by Crippen LogP contribution is 2.19. The van der Waals surface area contributed by atoms with Crippen molar-refractivity contribution >= 4 is 38.3 Å². The standard InChI is InChI=1S/C25H22N4O4S/c1-2-33-20-11-7-18(8-12-20)24(30)15-16-26-19-9-13-21(14-10-19)34(31,32)29-25-17-27-22-5-3-4-6-23(22)28-25/h3-17,26H,2H2,1H3,(H,28,29)/b16-15+. The van der Waals surface area contributed by atoms with Gasteiger partial charge in [-0.05, 0) is 67.6 Å². The number of carbonyl (C=O) groups is 1. The number of nitrogens with one attached hydrogen (secondary N) is 2. The molecular formula is C25H22N4O4S. The van der Waals surface area contributed by atoms with Gasteiger partial charge in [-0.1, -0.05) is 12.1 Å². The minimum absolute atomic E-state index is 0.0717. The van der Waals surface area contributed by atoms with Crippen LogP contribution in [0.2, 0.25) is 0 Å². The average molecular weight is 475 g/mol. The van der Waals surface area contributed by atoms with Crippen LogP contribution in [0.15, 0.2) is 96.2 Å². The lowest BCUT2D eigenvalue weighted by Gasteiger charge is -2.08. The third-order valence-corrected chi connectivity index (χ3v) is 6.16. The van der Waals surface area contributed by atoms with Gasteiger partial charge in [-0.25, -0.2) is 13.4 Å². The highest BCUT2D eigenvalue weighted by atomic mass is 32.2. The summed E-state index contributed by atoms with van der Waals surface area (Å²) in [4.78, 5) is 20.9. The fourth-order valence-electron chi connectivity index (χ4n) is 3.13. The van der Waals surface area contributed by atoms with E-state index >= 15 is 0 Å². The Morgan fingerprint density at radius 2 is 1.68 bits per heavy atom. The van der Waals surface area contributed by atoms with E-state index in [0.717, 1.165) is 0 Å². The lowest BCUT2D eigenvalue weighted by atomic mass is 10.1. The molecule has 0 unspecified atom stereocenters. The Balaban J connectivity index is 1.38. The normalized spacial score (nSPS) is 11.4. The van der Waals surface area contributed by atoms with E-state index in [4.69, 9.17) is 4.74 Å². The van der Waals surface area contributed by atoms with E-state index in [9.17, 15) is 13.2 Å². The Bertz CT molecular complexity index is 1430. The van der Waals surface area contributed by atoms with E-state index < -0.39 is 10.0 Å². The molecule has 2 N–H and O–H groups in total. The van der Waals surface area contributed by atoms with Gasteiger partial charge in [-0.2, -0.15) is 0 Å². The Morgan fingerprint density at radius 1 is 0.971 bits per heavy atom. The zero-order valence-electron chi connectivity index (χ0n) is 18.3. The van der Waals surface area contributed by atoms with Gasteiger partial charge in [0.1, 0.15) is 5.75 Å². The first-order valence-corrected chi connectivity index (χ1v) is 12.0. The minimum Gasteiger partial charge on any atom is -0.494 e. The minimum atomic E-state index is -3.84. The van der Waals surface area contributed by atoms with Gasteiger partial charge in [-0.3, -0.25) is 14.5 Å². The van der Waals surface area contributed by atoms with Crippen molar-refractivity contribution < 1.29 is 17.9 Å². The van der Waals surface area contributed by atoms with Crippen molar-refractivity contribution in [3.05, 3.63) is 96.8 Å². The van der Waals surface area contributed by atoms with E-state index in [2.05, 4.69) is 20.0 Å². The number of fused-ring (bicyclic) bond motifs is 1. The molecule has 3 aromatic carbocycles. The van der Waals surface area contributed by atoms with Gasteiger partial charge in [0.15, 0.2) is 11.6 Å². The quantitative estimate of drug-likeness (QED) is 0.269. The zero-order chi connectivity index (χ0) is 24.0. The number of allylic oxidation sites excluding steroid dienone is 1. The van der Waals surface area contributed by atoms with Gasteiger partial charge in [-0.15, -0.1) is 0 Å². The molecule has 0 amide bonds. The molecule has 0 aliphatic rings. The molecular weight excluding hydrogens is 452 g/mol. The molecule has 1 heterocycles. The summed E-state index contributed by atoms with van der Waals surface area (Å²) in [7, 11) is -3.84. The largest absolute Gasteiger partial charge is 0.494 e. The third-order valence-electron chi connectivity index (χ3n) is 4.79. The number of aromatic nitrogens is 2. The second-order valence-electron chi connectivity index (χ2n) is 7.17. The van der Waals surface area contributed by atoms with Crippen molar-refractivity contribution in [3.8, 4) is 5.75 Å². The second-order valence-corrected chi connectivity index (χ2v) is 8.86. The maximum Gasteiger partial charge on any atom is 0.263 e. The van der Waals surface area contributed by atoms with Crippen molar-refractivity contribution in [1.82, 2.24) is 9.97 Å². The number of hydrogen-bond acceptors (Lipinski definition) is 7. The van der Waals surface area contributed by atoms with Crippen molar-refractivity contribution in [2.45, 2.75) is 11.8 Å². The number of benzene rings is 3. The lowest BCUT2D eigenvalue weighted by Crippen LogP contribution is -2.14. The summed E-state index contributed by atoms with van der Waals surface area (Å²) in [6, 6.07) is 20.2. The molecule has 8 nitrogen and oxygen atoms in total. The van der Waals surface area contributed by atoms with Crippen LogP contribution in [0.4, 0.5) is 11.5 Å². The molecule has 0 aliphatic carbocycles. The molecule has 9 heteroatoms. The number of carbonyl (C=O) groups excluding carboxylic acids is 1. The van der Waals surface area contributed by atoms with E-state index in [1.165, 1.54) is 30.6 Å². The van der Waals surface area contributed by atoms with Crippen molar-refractivity contribution in [1.29, 1.82) is 0 Å². The molecule has 4 rings (SSSR count). The summed E-state index contributed by atoms with van der Waals surface area (Å²) in [5, 5.41) is 2.96. The maximum absolute atomic E-state index is 12.7. The summed E-state index contributed by atoms with van der Waals surface area (Å²) >= 11 is 0. The number of nitrogens with zero attached hydrogens (tertiary/aromatic N) is 2.